The van der Waals surface area contributed by atoms with E-state index in [0.717, 1.165) is 50.6 Å². The number of nitriles is 1. The smallest absolute Gasteiger partial charge is 0.263 e. The van der Waals surface area contributed by atoms with Crippen LogP contribution >= 0.6 is 0 Å². The lowest BCUT2D eigenvalue weighted by Crippen LogP contribution is -2.44. The van der Waals surface area contributed by atoms with Gasteiger partial charge in [-0.1, -0.05) is 6.07 Å². The molecule has 8 heteroatoms. The van der Waals surface area contributed by atoms with Gasteiger partial charge >= 0.3 is 0 Å². The van der Waals surface area contributed by atoms with Gasteiger partial charge in [0.2, 0.25) is 6.79 Å². The van der Waals surface area contributed by atoms with Gasteiger partial charge in [-0.15, -0.1) is 0 Å². The standard InChI is InChI=1S/C21H28N4O4/c1-2-27-11-3-6-23-21(26)18(13-22)15-25-9-7-24(8-10-25)14-17-4-5-19-20(12-17)29-16-28-19/h4-5,12,15H,2-3,6-11,14,16H2,1H3,(H,23,26)/b18-15-. The van der Waals surface area contributed by atoms with Crippen LogP contribution in [-0.4, -0.2) is 68.4 Å². The van der Waals surface area contributed by atoms with Crippen LogP contribution in [0.15, 0.2) is 30.0 Å². The van der Waals surface area contributed by atoms with E-state index in [2.05, 4.69) is 16.3 Å². The largest absolute Gasteiger partial charge is 0.454 e. The number of fused-ring (bicyclic) bond motifs is 1. The van der Waals surface area contributed by atoms with Gasteiger partial charge in [0.05, 0.1) is 0 Å². The third-order valence-corrected chi connectivity index (χ3v) is 4.88. The molecule has 1 N–H and O–H groups in total. The molecule has 156 valence electrons. The summed E-state index contributed by atoms with van der Waals surface area (Å²) in [6.45, 7) is 8.08. The van der Waals surface area contributed by atoms with Crippen LogP contribution < -0.4 is 14.8 Å². The Labute approximate surface area is 171 Å². The van der Waals surface area contributed by atoms with Gasteiger partial charge < -0.3 is 24.4 Å². The molecular formula is C21H28N4O4. The normalized spacial score (nSPS) is 16.6. The van der Waals surface area contributed by atoms with Crippen LogP contribution in [-0.2, 0) is 16.1 Å². The average molecular weight is 400 g/mol. The van der Waals surface area contributed by atoms with Crippen molar-refractivity contribution in [1.29, 1.82) is 5.26 Å². The maximum absolute atomic E-state index is 12.2. The van der Waals surface area contributed by atoms with E-state index in [4.69, 9.17) is 14.2 Å². The van der Waals surface area contributed by atoms with E-state index >= 15 is 0 Å². The number of amides is 1. The van der Waals surface area contributed by atoms with Crippen molar-refractivity contribution in [3.63, 3.8) is 0 Å². The molecule has 1 aromatic carbocycles. The summed E-state index contributed by atoms with van der Waals surface area (Å²) in [6.07, 6.45) is 2.41. The lowest BCUT2D eigenvalue weighted by atomic mass is 10.1. The van der Waals surface area contributed by atoms with Crippen molar-refractivity contribution in [3.8, 4) is 17.6 Å². The van der Waals surface area contributed by atoms with Crippen molar-refractivity contribution in [2.24, 2.45) is 0 Å². The van der Waals surface area contributed by atoms with Crippen molar-refractivity contribution in [3.05, 3.63) is 35.5 Å². The summed E-state index contributed by atoms with van der Waals surface area (Å²) in [7, 11) is 0. The highest BCUT2D eigenvalue weighted by Gasteiger charge is 2.19. The van der Waals surface area contributed by atoms with Gasteiger partial charge in [0.25, 0.3) is 5.91 Å². The first-order valence-corrected chi connectivity index (χ1v) is 10.0. The zero-order valence-corrected chi connectivity index (χ0v) is 16.9. The molecule has 1 amide bonds. The second-order valence-electron chi connectivity index (χ2n) is 6.96. The Bertz CT molecular complexity index is 766. The van der Waals surface area contributed by atoms with Gasteiger partial charge in [-0.25, -0.2) is 0 Å². The summed E-state index contributed by atoms with van der Waals surface area (Å²) in [6, 6.07) is 8.05. The van der Waals surface area contributed by atoms with Crippen LogP contribution in [0, 0.1) is 11.3 Å². The molecule has 0 aliphatic carbocycles. The van der Waals surface area contributed by atoms with Crippen LogP contribution in [0.4, 0.5) is 0 Å². The highest BCUT2D eigenvalue weighted by atomic mass is 16.7. The highest BCUT2D eigenvalue weighted by Crippen LogP contribution is 2.32. The number of benzene rings is 1. The molecule has 29 heavy (non-hydrogen) atoms. The van der Waals surface area contributed by atoms with Crippen LogP contribution in [0.25, 0.3) is 0 Å². The molecule has 0 saturated carbocycles. The first-order valence-electron chi connectivity index (χ1n) is 10.0. The molecule has 0 aromatic heterocycles. The number of ether oxygens (including phenoxy) is 3. The van der Waals surface area contributed by atoms with Gasteiger partial charge in [0.1, 0.15) is 11.6 Å². The van der Waals surface area contributed by atoms with Crippen molar-refractivity contribution < 1.29 is 19.0 Å². The number of rotatable bonds is 9. The Morgan fingerprint density at radius 3 is 2.83 bits per heavy atom. The van der Waals surface area contributed by atoms with Gasteiger partial charge in [0, 0.05) is 58.7 Å². The Morgan fingerprint density at radius 1 is 1.28 bits per heavy atom. The molecule has 0 bridgehead atoms. The molecular weight excluding hydrogens is 372 g/mol. The Kier molecular flexibility index (Phi) is 7.73. The van der Waals surface area contributed by atoms with Crippen molar-refractivity contribution in [2.45, 2.75) is 19.9 Å². The Hall–Kier alpha value is -2.76. The zero-order valence-electron chi connectivity index (χ0n) is 16.9. The fraction of sp³-hybridized carbons (Fsp3) is 0.524. The fourth-order valence-corrected chi connectivity index (χ4v) is 3.28. The number of hydrogen-bond donors (Lipinski definition) is 1. The summed E-state index contributed by atoms with van der Waals surface area (Å²) < 4.78 is 16.0. The second kappa shape index (κ2) is 10.7. The summed E-state index contributed by atoms with van der Waals surface area (Å²) in [5.74, 6) is 1.27. The molecule has 2 aliphatic rings. The van der Waals surface area contributed by atoms with Gasteiger partial charge in [-0.3, -0.25) is 9.69 Å². The first kappa shape index (κ1) is 21.0. The molecule has 0 spiro atoms. The van der Waals surface area contributed by atoms with E-state index in [1.807, 2.05) is 30.0 Å². The lowest BCUT2D eigenvalue weighted by Gasteiger charge is -2.34. The Morgan fingerprint density at radius 2 is 2.07 bits per heavy atom. The molecule has 8 nitrogen and oxygen atoms in total. The summed E-state index contributed by atoms with van der Waals surface area (Å²) in [5, 5.41) is 12.1. The van der Waals surface area contributed by atoms with Crippen molar-refractivity contribution in [2.75, 3.05) is 52.7 Å². The van der Waals surface area contributed by atoms with Crippen LogP contribution in [0.3, 0.4) is 0 Å². The van der Waals surface area contributed by atoms with Gasteiger partial charge in [-0.2, -0.15) is 5.26 Å². The van der Waals surface area contributed by atoms with Crippen LogP contribution in [0.2, 0.25) is 0 Å². The van der Waals surface area contributed by atoms with E-state index in [1.165, 1.54) is 5.56 Å². The molecule has 1 fully saturated rings. The first-order chi connectivity index (χ1) is 14.2. The SMILES string of the molecule is CCOCCCNC(=O)/C(C#N)=C\N1CCN(Cc2ccc3c(c2)OCO3)CC1. The minimum atomic E-state index is -0.327. The van der Waals surface area contributed by atoms with Crippen molar-refractivity contribution >= 4 is 5.91 Å². The summed E-state index contributed by atoms with van der Waals surface area (Å²) in [5.41, 5.74) is 1.33. The third-order valence-electron chi connectivity index (χ3n) is 4.88. The number of hydrogen-bond acceptors (Lipinski definition) is 7. The maximum Gasteiger partial charge on any atom is 0.263 e. The predicted octanol–water partition coefficient (Wildman–Crippen LogP) is 1.48. The quantitative estimate of drug-likeness (QED) is 0.382. The van der Waals surface area contributed by atoms with E-state index in [9.17, 15) is 10.1 Å². The van der Waals surface area contributed by atoms with E-state index in [-0.39, 0.29) is 18.3 Å². The number of nitrogens with zero attached hydrogens (tertiary/aromatic N) is 3. The molecule has 2 aliphatic heterocycles. The second-order valence-corrected chi connectivity index (χ2v) is 6.96. The van der Waals surface area contributed by atoms with Gasteiger partial charge in [0.15, 0.2) is 11.5 Å². The van der Waals surface area contributed by atoms with E-state index in [1.54, 1.807) is 6.20 Å². The lowest BCUT2D eigenvalue weighted by molar-refractivity contribution is -0.117. The average Bonchev–Trinajstić information content (AvgIpc) is 3.21. The molecule has 0 radical (unpaired) electrons. The molecule has 0 unspecified atom stereocenters. The number of piperazine rings is 1. The topological polar surface area (TPSA) is 87.1 Å². The molecule has 0 atom stereocenters. The number of carbonyl (C=O) groups is 1. The number of nitrogens with one attached hydrogen (secondary N) is 1. The highest BCUT2D eigenvalue weighted by molar-refractivity contribution is 5.97. The molecule has 2 heterocycles. The molecule has 3 rings (SSSR count). The summed E-state index contributed by atoms with van der Waals surface area (Å²) in [4.78, 5) is 16.6. The predicted molar refractivity (Wildman–Crippen MR) is 107 cm³/mol. The van der Waals surface area contributed by atoms with Crippen LogP contribution in [0.5, 0.6) is 11.5 Å². The zero-order chi connectivity index (χ0) is 20.5. The Balaban J connectivity index is 1.44. The monoisotopic (exact) mass is 400 g/mol. The van der Waals surface area contributed by atoms with Crippen molar-refractivity contribution in [1.82, 2.24) is 15.1 Å². The number of carbonyl (C=O) groups excluding carboxylic acids is 1. The molecule has 1 saturated heterocycles. The third kappa shape index (κ3) is 6.11. The fourth-order valence-electron chi connectivity index (χ4n) is 3.28. The van der Waals surface area contributed by atoms with E-state index in [0.29, 0.717) is 19.8 Å². The maximum atomic E-state index is 12.2. The van der Waals surface area contributed by atoms with Crippen LogP contribution in [0.1, 0.15) is 18.9 Å². The molecule has 1 aromatic rings. The summed E-state index contributed by atoms with van der Waals surface area (Å²) >= 11 is 0. The minimum absolute atomic E-state index is 0.144. The minimum Gasteiger partial charge on any atom is -0.454 e. The van der Waals surface area contributed by atoms with E-state index < -0.39 is 0 Å². The van der Waals surface area contributed by atoms with Gasteiger partial charge in [-0.05, 0) is 31.0 Å².